The Bertz CT molecular complexity index is 1490. The van der Waals surface area contributed by atoms with E-state index < -0.39 is 110 Å². The van der Waals surface area contributed by atoms with E-state index in [1.807, 2.05) is 0 Å². The number of ether oxygens (including phenoxy) is 2. The fourth-order valence-electron chi connectivity index (χ4n) is 2.40. The first-order valence-electron chi connectivity index (χ1n) is 9.93. The maximum Gasteiger partial charge on any atom is 0.460 e. The molecule has 1 rings (SSSR count). The molecule has 0 aliphatic rings. The minimum atomic E-state index is -7.87. The molecular weight excluding hydrogens is 746 g/mol. The lowest BCUT2D eigenvalue weighted by atomic mass is 10.0. The fraction of sp³-hybridized carbons (Fsp3) is 0.444. The highest BCUT2D eigenvalue weighted by Gasteiger charge is 2.84. The molecule has 0 saturated heterocycles. The summed E-state index contributed by atoms with van der Waals surface area (Å²) in [6.07, 6.45) is -15.1. The van der Waals surface area contributed by atoms with Crippen molar-refractivity contribution in [3.8, 4) is 11.5 Å². The number of alkyl halides is 18. The van der Waals surface area contributed by atoms with Crippen LogP contribution in [0.4, 0.5) is 96.6 Å². The van der Waals surface area contributed by atoms with E-state index in [0.717, 1.165) is 0 Å². The first kappa shape index (κ1) is 40.7. The molecule has 0 unspecified atom stereocenters. The van der Waals surface area contributed by atoms with Crippen molar-refractivity contribution in [3.63, 3.8) is 0 Å². The van der Waals surface area contributed by atoms with Crippen LogP contribution in [0.15, 0.2) is 46.8 Å². The van der Waals surface area contributed by atoms with E-state index in [4.69, 9.17) is 4.55 Å². The molecule has 0 aromatic heterocycles. The summed E-state index contributed by atoms with van der Waals surface area (Å²) in [6, 6.07) is -9.45. The first-order valence-corrected chi connectivity index (χ1v) is 11.4. The molecule has 1 N–H and O–H groups in total. The lowest BCUT2D eigenvalue weighted by molar-refractivity contribution is -0.392. The highest BCUT2D eigenvalue weighted by Crippen LogP contribution is 2.57. The zero-order valence-electron chi connectivity index (χ0n) is 20.0. The second kappa shape index (κ2) is 11.7. The van der Waals surface area contributed by atoms with Gasteiger partial charge >= 0.3 is 59.9 Å². The topological polar surface area (TPSA) is 72.8 Å². The van der Waals surface area contributed by atoms with Gasteiger partial charge in [-0.25, -0.2) is 0 Å². The van der Waals surface area contributed by atoms with Crippen molar-refractivity contribution in [2.75, 3.05) is 0 Å². The van der Waals surface area contributed by atoms with Crippen LogP contribution in [0, 0.1) is 0 Å². The average Bonchev–Trinajstić information content (AvgIpc) is 2.85. The summed E-state index contributed by atoms with van der Waals surface area (Å²) < 4.78 is 324. The number of benzene rings is 1. The van der Waals surface area contributed by atoms with Gasteiger partial charge in [0.1, 0.15) is 10.6 Å². The SMILES string of the molecule is O=S(=O)(O)c1cc(OC(F)=C(F)C(F)(F)C(F)(F)C(F)(F)C(F)(F)F)ccc1OC(F)=C(F)C(F)(F)C(F)(F)C(F)(F)C(F)(F)F. The quantitative estimate of drug-likeness (QED) is 0.139. The molecule has 0 fully saturated rings. The van der Waals surface area contributed by atoms with Gasteiger partial charge < -0.3 is 9.47 Å². The van der Waals surface area contributed by atoms with E-state index in [-0.39, 0.29) is 6.07 Å². The third-order valence-electron chi connectivity index (χ3n) is 4.79. The van der Waals surface area contributed by atoms with Crippen molar-refractivity contribution < 1.29 is 119 Å². The Morgan fingerprint density at radius 2 is 0.870 bits per heavy atom. The molecule has 5 nitrogen and oxygen atoms in total. The number of hydrogen-bond acceptors (Lipinski definition) is 4. The zero-order chi connectivity index (χ0) is 37.1. The second-order valence-electron chi connectivity index (χ2n) is 7.90. The van der Waals surface area contributed by atoms with Crippen LogP contribution in [-0.2, 0) is 10.1 Å². The molecule has 1 aromatic rings. The number of halogens is 22. The van der Waals surface area contributed by atoms with Gasteiger partial charge in [0, 0.05) is 6.07 Å². The monoisotopic (exact) mass is 750 g/mol. The van der Waals surface area contributed by atoms with Crippen LogP contribution in [0.1, 0.15) is 0 Å². The highest BCUT2D eigenvalue weighted by molar-refractivity contribution is 7.86. The Hall–Kier alpha value is -3.33. The van der Waals surface area contributed by atoms with Crippen LogP contribution >= 0.6 is 0 Å². The van der Waals surface area contributed by atoms with Crippen molar-refractivity contribution >= 4 is 10.1 Å². The van der Waals surface area contributed by atoms with E-state index in [2.05, 4.69) is 9.47 Å². The van der Waals surface area contributed by atoms with Crippen molar-refractivity contribution in [1.82, 2.24) is 0 Å². The molecule has 266 valence electrons. The third kappa shape index (κ3) is 6.71. The molecule has 0 saturated carbocycles. The smallest absolute Gasteiger partial charge is 0.430 e. The predicted molar refractivity (Wildman–Crippen MR) is 97.8 cm³/mol. The second-order valence-corrected chi connectivity index (χ2v) is 9.29. The van der Waals surface area contributed by atoms with Gasteiger partial charge in [-0.2, -0.15) is 105 Å². The molecule has 0 radical (unpaired) electrons. The summed E-state index contributed by atoms with van der Waals surface area (Å²) in [4.78, 5) is -2.39. The van der Waals surface area contributed by atoms with Gasteiger partial charge in [-0.3, -0.25) is 4.55 Å². The Labute approximate surface area is 236 Å². The molecule has 0 aliphatic heterocycles. The van der Waals surface area contributed by atoms with Crippen molar-refractivity contribution in [3.05, 3.63) is 41.9 Å². The summed E-state index contributed by atoms with van der Waals surface area (Å²) in [5.74, 6) is -59.7. The molecule has 0 atom stereocenters. The highest BCUT2D eigenvalue weighted by atomic mass is 32.2. The van der Waals surface area contributed by atoms with Crippen LogP contribution in [0.3, 0.4) is 0 Å². The molecule has 0 aliphatic carbocycles. The lowest BCUT2D eigenvalue weighted by Crippen LogP contribution is -2.61. The van der Waals surface area contributed by atoms with Gasteiger partial charge in [-0.15, -0.1) is 0 Å². The summed E-state index contributed by atoms with van der Waals surface area (Å²) >= 11 is 0. The summed E-state index contributed by atoms with van der Waals surface area (Å²) in [6.45, 7) is 0. The molecule has 1 aromatic carbocycles. The van der Waals surface area contributed by atoms with Gasteiger partial charge in [0.2, 0.25) is 11.7 Å². The van der Waals surface area contributed by atoms with Crippen molar-refractivity contribution in [2.24, 2.45) is 0 Å². The summed E-state index contributed by atoms with van der Waals surface area (Å²) in [5, 5.41) is 0. The fourth-order valence-corrected chi connectivity index (χ4v) is 3.03. The van der Waals surface area contributed by atoms with Crippen LogP contribution < -0.4 is 9.47 Å². The third-order valence-corrected chi connectivity index (χ3v) is 5.66. The van der Waals surface area contributed by atoms with Gasteiger partial charge in [-0.05, 0) is 12.1 Å². The molecule has 0 bridgehead atoms. The van der Waals surface area contributed by atoms with Gasteiger partial charge in [-0.1, -0.05) is 0 Å². The van der Waals surface area contributed by atoms with Crippen molar-refractivity contribution in [1.29, 1.82) is 0 Å². The molecule has 28 heteroatoms. The van der Waals surface area contributed by atoms with Crippen molar-refractivity contribution in [2.45, 2.75) is 52.8 Å². The van der Waals surface area contributed by atoms with Crippen LogP contribution in [-0.4, -0.2) is 60.9 Å². The molecule has 46 heavy (non-hydrogen) atoms. The number of rotatable bonds is 11. The van der Waals surface area contributed by atoms with Gasteiger partial charge in [0.05, 0.1) is 0 Å². The van der Waals surface area contributed by atoms with E-state index >= 15 is 0 Å². The minimum absolute atomic E-state index is 0.368. The minimum Gasteiger partial charge on any atom is -0.430 e. The van der Waals surface area contributed by atoms with Crippen LogP contribution in [0.2, 0.25) is 0 Å². The van der Waals surface area contributed by atoms with Crippen LogP contribution in [0.25, 0.3) is 0 Å². The first-order chi connectivity index (χ1) is 19.9. The number of allylic oxidation sites excluding steroid dienone is 2. The van der Waals surface area contributed by atoms with E-state index in [1.165, 1.54) is 0 Å². The summed E-state index contributed by atoms with van der Waals surface area (Å²) in [7, 11) is -6.22. The molecule has 0 heterocycles. The number of hydrogen-bond donors (Lipinski definition) is 1. The van der Waals surface area contributed by atoms with E-state index in [1.54, 1.807) is 0 Å². The zero-order valence-corrected chi connectivity index (χ0v) is 20.9. The standard InChI is InChI=1S/C18H4F22O5S/c19-7(11(23,24)13(27,28)15(31,32)17(35,36)37)9(21)44-4-1-2-5(6(3-4)46(41,42)43)45-10(22)8(20)12(25,26)14(29,30)16(33,34)18(38,39)40/h1-3H,(H,41,42,43). The Balaban J connectivity index is 3.67. The van der Waals surface area contributed by atoms with E-state index in [0.29, 0.717) is 0 Å². The molecular formula is C18H4F22O5S. The molecule has 0 amide bonds. The van der Waals surface area contributed by atoms with Crippen LogP contribution in [0.5, 0.6) is 11.5 Å². The Kier molecular flexibility index (Phi) is 10.4. The maximum atomic E-state index is 13.8. The Morgan fingerprint density at radius 3 is 1.17 bits per heavy atom. The van der Waals surface area contributed by atoms with Gasteiger partial charge in [0.15, 0.2) is 5.75 Å². The maximum absolute atomic E-state index is 13.8. The predicted octanol–water partition coefficient (Wildman–Crippen LogP) is 8.84. The summed E-state index contributed by atoms with van der Waals surface area (Å²) in [5.41, 5.74) is 0. The van der Waals surface area contributed by atoms with E-state index in [9.17, 15) is 105 Å². The molecule has 0 spiro atoms. The Morgan fingerprint density at radius 1 is 0.543 bits per heavy atom. The lowest BCUT2D eigenvalue weighted by Gasteiger charge is -2.32. The average molecular weight is 750 g/mol. The largest absolute Gasteiger partial charge is 0.460 e. The van der Waals surface area contributed by atoms with Gasteiger partial charge in [0.25, 0.3) is 10.1 Å². The normalized spacial score (nSPS) is 16.2.